The predicted octanol–water partition coefficient (Wildman–Crippen LogP) is 0.610. The third-order valence-corrected chi connectivity index (χ3v) is 4.80. The first-order valence-electron chi connectivity index (χ1n) is 6.48. The van der Waals surface area contributed by atoms with Crippen molar-refractivity contribution in [2.45, 2.75) is 11.7 Å². The van der Waals surface area contributed by atoms with Gasteiger partial charge in [0, 0.05) is 19.0 Å². The Hall–Kier alpha value is -2.26. The van der Waals surface area contributed by atoms with Gasteiger partial charge in [-0.2, -0.15) is 5.10 Å². The predicted molar refractivity (Wildman–Crippen MR) is 77.8 cm³/mol. The number of rotatable bonds is 3. The van der Waals surface area contributed by atoms with Crippen LogP contribution in [0.1, 0.15) is 6.42 Å². The van der Waals surface area contributed by atoms with E-state index in [1.807, 2.05) is 0 Å². The number of nitrogens with one attached hydrogen (secondary N) is 1. The number of primary sulfonamides is 1. The number of benzene rings is 1. The number of anilines is 1. The summed E-state index contributed by atoms with van der Waals surface area (Å²) in [5.41, 5.74) is 1.30. The molecule has 116 valence electrons. The largest absolute Gasteiger partial charge is 0.294 e. The van der Waals surface area contributed by atoms with Gasteiger partial charge in [0.25, 0.3) is 0 Å². The number of sulfonamides is 1. The van der Waals surface area contributed by atoms with E-state index in [1.54, 1.807) is 18.2 Å². The second kappa shape index (κ2) is 5.18. The van der Waals surface area contributed by atoms with Gasteiger partial charge in [0.2, 0.25) is 15.9 Å². The molecule has 1 aromatic carbocycles. The van der Waals surface area contributed by atoms with Crippen molar-refractivity contribution in [2.24, 2.45) is 5.14 Å². The van der Waals surface area contributed by atoms with Crippen LogP contribution < -0.4 is 10.0 Å². The highest BCUT2D eigenvalue weighted by molar-refractivity contribution is 7.89. The Balaban J connectivity index is 1.85. The zero-order chi connectivity index (χ0) is 15.9. The van der Waals surface area contributed by atoms with E-state index in [4.69, 9.17) is 5.14 Å². The van der Waals surface area contributed by atoms with Crippen LogP contribution in [0.2, 0.25) is 0 Å². The summed E-state index contributed by atoms with van der Waals surface area (Å²) in [5.74, 6) is -0.388. The molecule has 0 bridgehead atoms. The maximum Gasteiger partial charge on any atom is 0.229 e. The van der Waals surface area contributed by atoms with Crippen molar-refractivity contribution in [3.05, 3.63) is 36.1 Å². The standard InChI is InChI=1S/C13H13FN4O3S/c14-9-3-1-8(2-4-9)11-6-12(17-16-11)18-7-10(5-13(18)19)22(15,20)21/h1-4,6,10H,5,7H2,(H,16,17)(H2,15,20,21). The molecule has 9 heteroatoms. The highest BCUT2D eigenvalue weighted by Crippen LogP contribution is 2.26. The molecule has 1 aliphatic heterocycles. The van der Waals surface area contributed by atoms with Crippen LogP contribution in [0, 0.1) is 5.82 Å². The SMILES string of the molecule is NS(=O)(=O)C1CC(=O)N(c2cc(-c3ccc(F)cc3)[nH]n2)C1. The molecule has 0 saturated carbocycles. The minimum atomic E-state index is -3.77. The normalized spacial score (nSPS) is 18.9. The Morgan fingerprint density at radius 3 is 2.59 bits per heavy atom. The lowest BCUT2D eigenvalue weighted by Gasteiger charge is -2.12. The van der Waals surface area contributed by atoms with Crippen molar-refractivity contribution < 1.29 is 17.6 Å². The summed E-state index contributed by atoms with van der Waals surface area (Å²) in [4.78, 5) is 13.2. The summed E-state index contributed by atoms with van der Waals surface area (Å²) >= 11 is 0. The van der Waals surface area contributed by atoms with Gasteiger partial charge in [-0.1, -0.05) is 0 Å². The van der Waals surface area contributed by atoms with E-state index in [0.29, 0.717) is 17.1 Å². The lowest BCUT2D eigenvalue weighted by molar-refractivity contribution is -0.117. The molecule has 1 aliphatic rings. The van der Waals surface area contributed by atoms with E-state index < -0.39 is 15.3 Å². The molecule has 0 spiro atoms. The quantitative estimate of drug-likeness (QED) is 0.862. The maximum atomic E-state index is 12.9. The van der Waals surface area contributed by atoms with E-state index >= 15 is 0 Å². The first kappa shape index (κ1) is 14.7. The van der Waals surface area contributed by atoms with Crippen LogP contribution >= 0.6 is 0 Å². The smallest absolute Gasteiger partial charge is 0.229 e. The molecule has 3 rings (SSSR count). The van der Waals surface area contributed by atoms with Crippen molar-refractivity contribution in [2.75, 3.05) is 11.4 Å². The summed E-state index contributed by atoms with van der Waals surface area (Å²) < 4.78 is 35.6. The third kappa shape index (κ3) is 2.72. The maximum absolute atomic E-state index is 12.9. The number of halogens is 1. The zero-order valence-corrected chi connectivity index (χ0v) is 12.2. The Morgan fingerprint density at radius 2 is 2.00 bits per heavy atom. The van der Waals surface area contributed by atoms with Gasteiger partial charge in [-0.3, -0.25) is 14.8 Å². The Morgan fingerprint density at radius 1 is 1.32 bits per heavy atom. The van der Waals surface area contributed by atoms with Gasteiger partial charge >= 0.3 is 0 Å². The van der Waals surface area contributed by atoms with Gasteiger partial charge in [0.05, 0.1) is 5.69 Å². The molecule has 1 saturated heterocycles. The number of amides is 1. The van der Waals surface area contributed by atoms with E-state index in [2.05, 4.69) is 10.2 Å². The van der Waals surface area contributed by atoms with Crippen molar-refractivity contribution in [1.29, 1.82) is 0 Å². The van der Waals surface area contributed by atoms with E-state index in [-0.39, 0.29) is 24.7 Å². The van der Waals surface area contributed by atoms with Crippen LogP contribution in [-0.4, -0.2) is 36.3 Å². The van der Waals surface area contributed by atoms with Crippen LogP contribution in [0.15, 0.2) is 30.3 Å². The Kier molecular flexibility index (Phi) is 3.45. The molecule has 0 radical (unpaired) electrons. The monoisotopic (exact) mass is 324 g/mol. The number of aromatic amines is 1. The first-order chi connectivity index (χ1) is 10.3. The third-order valence-electron chi connectivity index (χ3n) is 3.55. The fraction of sp³-hybridized carbons (Fsp3) is 0.231. The Labute approximate surface area is 126 Å². The minimum Gasteiger partial charge on any atom is -0.294 e. The summed E-state index contributed by atoms with van der Waals surface area (Å²) in [7, 11) is -3.77. The second-order valence-corrected chi connectivity index (χ2v) is 6.91. The molecule has 22 heavy (non-hydrogen) atoms. The molecule has 2 heterocycles. The van der Waals surface area contributed by atoms with Gasteiger partial charge in [0.1, 0.15) is 11.1 Å². The number of carbonyl (C=O) groups is 1. The molecular weight excluding hydrogens is 311 g/mol. The molecule has 1 amide bonds. The summed E-state index contributed by atoms with van der Waals surface area (Å²) in [6.45, 7) is -0.0224. The van der Waals surface area contributed by atoms with E-state index in [9.17, 15) is 17.6 Å². The minimum absolute atomic E-state index is 0.0224. The zero-order valence-electron chi connectivity index (χ0n) is 11.4. The lowest BCUT2D eigenvalue weighted by Crippen LogP contribution is -2.32. The highest BCUT2D eigenvalue weighted by Gasteiger charge is 2.38. The van der Waals surface area contributed by atoms with Crippen LogP contribution in [0.3, 0.4) is 0 Å². The summed E-state index contributed by atoms with van der Waals surface area (Å²) in [5, 5.41) is 10.9. The summed E-state index contributed by atoms with van der Waals surface area (Å²) in [6.07, 6.45) is -0.155. The first-order valence-corrected chi connectivity index (χ1v) is 8.09. The topological polar surface area (TPSA) is 109 Å². The van der Waals surface area contributed by atoms with Crippen LogP contribution in [0.4, 0.5) is 10.2 Å². The van der Waals surface area contributed by atoms with Crippen molar-refractivity contribution in [3.8, 4) is 11.3 Å². The molecule has 7 nitrogen and oxygen atoms in total. The van der Waals surface area contributed by atoms with Crippen LogP contribution in [0.5, 0.6) is 0 Å². The lowest BCUT2D eigenvalue weighted by atomic mass is 10.1. The number of carbonyl (C=O) groups excluding carboxylic acids is 1. The van der Waals surface area contributed by atoms with Crippen LogP contribution in [-0.2, 0) is 14.8 Å². The molecular formula is C13H13FN4O3S. The fourth-order valence-electron chi connectivity index (χ4n) is 2.34. The van der Waals surface area contributed by atoms with Gasteiger partial charge in [-0.15, -0.1) is 0 Å². The molecule has 1 atom stereocenters. The van der Waals surface area contributed by atoms with E-state index in [0.717, 1.165) is 0 Å². The van der Waals surface area contributed by atoms with Gasteiger partial charge < -0.3 is 0 Å². The number of nitrogens with two attached hydrogens (primary N) is 1. The Bertz CT molecular complexity index is 816. The summed E-state index contributed by atoms with van der Waals surface area (Å²) in [6, 6.07) is 7.38. The van der Waals surface area contributed by atoms with Gasteiger partial charge in [-0.25, -0.2) is 17.9 Å². The van der Waals surface area contributed by atoms with Gasteiger partial charge in [-0.05, 0) is 29.8 Å². The molecule has 0 aliphatic carbocycles. The molecule has 2 aromatic rings. The molecule has 1 aromatic heterocycles. The number of H-pyrrole nitrogens is 1. The van der Waals surface area contributed by atoms with Crippen LogP contribution in [0.25, 0.3) is 11.3 Å². The van der Waals surface area contributed by atoms with Crippen molar-refractivity contribution >= 4 is 21.7 Å². The number of nitrogens with zero attached hydrogens (tertiary/aromatic N) is 2. The highest BCUT2D eigenvalue weighted by atomic mass is 32.2. The van der Waals surface area contributed by atoms with Crippen molar-refractivity contribution in [1.82, 2.24) is 10.2 Å². The number of aromatic nitrogens is 2. The molecule has 1 fully saturated rings. The average Bonchev–Trinajstić information content (AvgIpc) is 3.05. The number of hydrogen-bond acceptors (Lipinski definition) is 4. The molecule has 1 unspecified atom stereocenters. The molecule has 3 N–H and O–H groups in total. The average molecular weight is 324 g/mol. The fourth-order valence-corrected chi connectivity index (χ4v) is 3.07. The second-order valence-electron chi connectivity index (χ2n) is 5.07. The van der Waals surface area contributed by atoms with Gasteiger partial charge in [0.15, 0.2) is 5.82 Å². The number of hydrogen-bond donors (Lipinski definition) is 2. The van der Waals surface area contributed by atoms with Crippen molar-refractivity contribution in [3.63, 3.8) is 0 Å². The van der Waals surface area contributed by atoms with E-state index in [1.165, 1.54) is 17.0 Å².